The van der Waals surface area contributed by atoms with E-state index in [1.807, 2.05) is 64.7 Å². The number of halogens is 1. The number of imidazole rings is 1. The zero-order valence-electron chi connectivity index (χ0n) is 11.6. The Labute approximate surface area is 130 Å². The van der Waals surface area contributed by atoms with Crippen molar-refractivity contribution in [1.82, 2.24) is 9.13 Å². The van der Waals surface area contributed by atoms with Crippen LogP contribution in [-0.4, -0.2) is 14.2 Å². The minimum Gasteiger partial charge on any atom is -0.387 e. The number of hydrogen-bond acceptors (Lipinski definition) is 2. The summed E-state index contributed by atoms with van der Waals surface area (Å²) in [6, 6.07) is 15.5. The molecule has 0 aliphatic rings. The van der Waals surface area contributed by atoms with Gasteiger partial charge in [-0.25, -0.2) is 0 Å². The molecule has 3 aromatic rings. The van der Waals surface area contributed by atoms with Crippen LogP contribution in [0.5, 0.6) is 0 Å². The summed E-state index contributed by atoms with van der Waals surface area (Å²) >= 11 is 3.39. The van der Waals surface area contributed by atoms with E-state index in [1.165, 1.54) is 0 Å². The van der Waals surface area contributed by atoms with E-state index in [1.54, 1.807) is 0 Å². The predicted octanol–water partition coefficient (Wildman–Crippen LogP) is 2.96. The van der Waals surface area contributed by atoms with Gasteiger partial charge in [0.05, 0.1) is 23.7 Å². The van der Waals surface area contributed by atoms with Crippen LogP contribution in [0, 0.1) is 5.41 Å². The molecule has 3 rings (SSSR count). The average Bonchev–Trinajstić information content (AvgIpc) is 2.73. The summed E-state index contributed by atoms with van der Waals surface area (Å²) in [5.74, 6) is 0. The minimum atomic E-state index is -0.641. The number of para-hydroxylation sites is 2. The molecule has 2 N–H and O–H groups in total. The fourth-order valence-corrected chi connectivity index (χ4v) is 2.80. The van der Waals surface area contributed by atoms with Crippen LogP contribution < -0.4 is 5.62 Å². The minimum absolute atomic E-state index is 0.363. The van der Waals surface area contributed by atoms with Gasteiger partial charge in [0.25, 0.3) is 0 Å². The van der Waals surface area contributed by atoms with Crippen LogP contribution in [0.1, 0.15) is 11.7 Å². The lowest BCUT2D eigenvalue weighted by molar-refractivity contribution is 0.156. The molecule has 0 saturated carbocycles. The molecule has 1 atom stereocenters. The topological polar surface area (TPSA) is 53.9 Å². The van der Waals surface area contributed by atoms with Crippen LogP contribution in [0.25, 0.3) is 11.0 Å². The van der Waals surface area contributed by atoms with Crippen molar-refractivity contribution in [1.29, 1.82) is 5.41 Å². The highest BCUT2D eigenvalue weighted by Crippen LogP contribution is 2.20. The molecule has 1 unspecified atom stereocenters. The summed E-state index contributed by atoms with van der Waals surface area (Å²) in [4.78, 5) is 0. The Hall–Kier alpha value is -1.85. The fraction of sp³-hybridized carbons (Fsp3) is 0.188. The Kier molecular flexibility index (Phi) is 3.69. The number of rotatable bonds is 3. The van der Waals surface area contributed by atoms with Crippen molar-refractivity contribution in [2.45, 2.75) is 12.6 Å². The molecule has 0 aliphatic heterocycles. The summed E-state index contributed by atoms with van der Waals surface area (Å²) in [5.41, 5.74) is 3.18. The van der Waals surface area contributed by atoms with Gasteiger partial charge in [-0.1, -0.05) is 40.2 Å². The molecule has 0 fully saturated rings. The van der Waals surface area contributed by atoms with Crippen molar-refractivity contribution in [3.05, 3.63) is 64.2 Å². The van der Waals surface area contributed by atoms with E-state index in [4.69, 9.17) is 5.41 Å². The highest BCUT2D eigenvalue weighted by atomic mass is 79.9. The third-order valence-corrected chi connectivity index (χ3v) is 4.25. The molecule has 1 aromatic heterocycles. The van der Waals surface area contributed by atoms with Gasteiger partial charge in [0, 0.05) is 11.5 Å². The first-order valence-corrected chi connectivity index (χ1v) is 7.49. The second-order valence-corrected chi connectivity index (χ2v) is 5.96. The SMILES string of the molecule is Cn1c(=N)n(CC(O)c2ccc(Br)cc2)c2ccccc21. The first kappa shape index (κ1) is 14.1. The molecule has 21 heavy (non-hydrogen) atoms. The smallest absolute Gasteiger partial charge is 0.202 e. The van der Waals surface area contributed by atoms with E-state index < -0.39 is 6.10 Å². The van der Waals surface area contributed by atoms with Gasteiger partial charge >= 0.3 is 0 Å². The van der Waals surface area contributed by atoms with Gasteiger partial charge in [0.1, 0.15) is 0 Å². The fourth-order valence-electron chi connectivity index (χ4n) is 2.53. The van der Waals surface area contributed by atoms with Crippen molar-refractivity contribution in [2.75, 3.05) is 0 Å². The molecular weight excluding hydrogens is 330 g/mol. The third-order valence-electron chi connectivity index (χ3n) is 3.72. The van der Waals surface area contributed by atoms with Gasteiger partial charge in [-0.3, -0.25) is 5.41 Å². The largest absolute Gasteiger partial charge is 0.387 e. The molecule has 0 spiro atoms. The molecule has 0 amide bonds. The van der Waals surface area contributed by atoms with Gasteiger partial charge < -0.3 is 14.2 Å². The number of hydrogen-bond donors (Lipinski definition) is 2. The summed E-state index contributed by atoms with van der Waals surface area (Å²) in [5, 5.41) is 18.7. The van der Waals surface area contributed by atoms with Gasteiger partial charge in [-0.2, -0.15) is 0 Å². The zero-order valence-corrected chi connectivity index (χ0v) is 13.2. The number of nitrogens with zero attached hydrogens (tertiary/aromatic N) is 2. The summed E-state index contributed by atoms with van der Waals surface area (Å²) < 4.78 is 4.64. The van der Waals surface area contributed by atoms with Crippen molar-refractivity contribution >= 4 is 27.0 Å². The van der Waals surface area contributed by atoms with Crippen molar-refractivity contribution < 1.29 is 5.11 Å². The maximum Gasteiger partial charge on any atom is 0.202 e. The molecule has 0 radical (unpaired) electrons. The van der Waals surface area contributed by atoms with E-state index in [2.05, 4.69) is 15.9 Å². The molecule has 2 aromatic carbocycles. The van der Waals surface area contributed by atoms with E-state index in [9.17, 15) is 5.11 Å². The molecule has 4 nitrogen and oxygen atoms in total. The lowest BCUT2D eigenvalue weighted by atomic mass is 10.1. The van der Waals surface area contributed by atoms with E-state index in [-0.39, 0.29) is 0 Å². The first-order valence-electron chi connectivity index (χ1n) is 6.70. The van der Waals surface area contributed by atoms with E-state index >= 15 is 0 Å². The second kappa shape index (κ2) is 5.50. The monoisotopic (exact) mass is 345 g/mol. The molecular formula is C16H16BrN3O. The first-order chi connectivity index (χ1) is 10.1. The number of aryl methyl sites for hydroxylation is 1. The van der Waals surface area contributed by atoms with E-state index in [0.717, 1.165) is 21.1 Å². The number of aliphatic hydroxyl groups excluding tert-OH is 1. The van der Waals surface area contributed by atoms with Crippen molar-refractivity contribution in [3.8, 4) is 0 Å². The number of aromatic nitrogens is 2. The summed E-state index contributed by atoms with van der Waals surface area (Å²) in [6.45, 7) is 0.363. The highest BCUT2D eigenvalue weighted by molar-refractivity contribution is 9.10. The summed E-state index contributed by atoms with van der Waals surface area (Å²) in [7, 11) is 1.87. The second-order valence-electron chi connectivity index (χ2n) is 5.05. The van der Waals surface area contributed by atoms with Crippen LogP contribution >= 0.6 is 15.9 Å². The molecule has 108 valence electrons. The molecule has 0 saturated heterocycles. The zero-order chi connectivity index (χ0) is 15.0. The van der Waals surface area contributed by atoms with Crippen LogP contribution in [0.2, 0.25) is 0 Å². The van der Waals surface area contributed by atoms with Gasteiger partial charge in [-0.05, 0) is 29.8 Å². The number of aliphatic hydroxyl groups is 1. The molecule has 5 heteroatoms. The van der Waals surface area contributed by atoms with Crippen LogP contribution in [0.3, 0.4) is 0 Å². The predicted molar refractivity (Wildman–Crippen MR) is 85.9 cm³/mol. The Balaban J connectivity index is 2.00. The maximum absolute atomic E-state index is 10.4. The van der Waals surface area contributed by atoms with Crippen molar-refractivity contribution in [2.24, 2.45) is 7.05 Å². The highest BCUT2D eigenvalue weighted by Gasteiger charge is 2.13. The third kappa shape index (κ3) is 2.54. The Bertz CT molecular complexity index is 833. The van der Waals surface area contributed by atoms with Crippen LogP contribution in [0.4, 0.5) is 0 Å². The lowest BCUT2D eigenvalue weighted by Crippen LogP contribution is -2.25. The van der Waals surface area contributed by atoms with Gasteiger partial charge in [0.15, 0.2) is 0 Å². The molecule has 0 bridgehead atoms. The molecule has 0 aliphatic carbocycles. The van der Waals surface area contributed by atoms with Crippen molar-refractivity contribution in [3.63, 3.8) is 0 Å². The maximum atomic E-state index is 10.4. The van der Waals surface area contributed by atoms with Crippen LogP contribution in [-0.2, 0) is 13.6 Å². The normalized spacial score (nSPS) is 12.7. The Morgan fingerprint density at radius 2 is 1.71 bits per heavy atom. The lowest BCUT2D eigenvalue weighted by Gasteiger charge is -2.12. The van der Waals surface area contributed by atoms with Gasteiger partial charge in [0.2, 0.25) is 5.62 Å². The van der Waals surface area contributed by atoms with E-state index in [0.29, 0.717) is 12.2 Å². The van der Waals surface area contributed by atoms with Crippen LogP contribution in [0.15, 0.2) is 53.0 Å². The number of fused-ring (bicyclic) bond motifs is 1. The summed E-state index contributed by atoms with van der Waals surface area (Å²) in [6.07, 6.45) is -0.641. The standard InChI is InChI=1S/C16H16BrN3O/c1-19-13-4-2-3-5-14(13)20(16(19)18)10-15(21)11-6-8-12(17)9-7-11/h2-9,15,18,21H,10H2,1H3. The number of nitrogens with one attached hydrogen (secondary N) is 1. The molecule has 1 heterocycles. The Morgan fingerprint density at radius 1 is 1.10 bits per heavy atom. The Morgan fingerprint density at radius 3 is 2.38 bits per heavy atom. The quantitative estimate of drug-likeness (QED) is 0.753. The average molecular weight is 346 g/mol. The van der Waals surface area contributed by atoms with Gasteiger partial charge in [-0.15, -0.1) is 0 Å². The number of benzene rings is 2.